The van der Waals surface area contributed by atoms with Crippen molar-refractivity contribution in [1.29, 1.82) is 0 Å². The molecule has 0 saturated heterocycles. The van der Waals surface area contributed by atoms with Crippen molar-refractivity contribution in [3.05, 3.63) is 11.6 Å². The number of hydrogen-bond donors (Lipinski definition) is 2. The minimum atomic E-state index is -0.228. The molecule has 2 N–H and O–H groups in total. The molecule has 0 spiro atoms. The largest absolute Gasteiger partial charge is 0.395 e. The summed E-state index contributed by atoms with van der Waals surface area (Å²) in [6.07, 6.45) is 1.90. The Labute approximate surface area is 114 Å². The van der Waals surface area contributed by atoms with Gasteiger partial charge in [-0.05, 0) is 6.42 Å². The molecular formula is C13H24N4O2. The third-order valence-corrected chi connectivity index (χ3v) is 2.83. The van der Waals surface area contributed by atoms with E-state index in [9.17, 15) is 4.79 Å². The van der Waals surface area contributed by atoms with Gasteiger partial charge in [0, 0.05) is 18.5 Å². The average Bonchev–Trinajstić information content (AvgIpc) is 2.83. The van der Waals surface area contributed by atoms with Crippen molar-refractivity contribution in [3.8, 4) is 0 Å². The lowest BCUT2D eigenvalue weighted by molar-refractivity contribution is 0.0707. The first-order valence-corrected chi connectivity index (χ1v) is 6.73. The summed E-state index contributed by atoms with van der Waals surface area (Å²) >= 11 is 0. The number of aliphatic hydroxyl groups is 1. The second-order valence-corrected chi connectivity index (χ2v) is 5.63. The van der Waals surface area contributed by atoms with Crippen LogP contribution in [0.15, 0.2) is 0 Å². The van der Waals surface area contributed by atoms with Crippen molar-refractivity contribution in [3.63, 3.8) is 0 Å². The second kappa shape index (κ2) is 6.65. The molecule has 0 aliphatic carbocycles. The Hall–Kier alpha value is -1.43. The van der Waals surface area contributed by atoms with Crippen molar-refractivity contribution in [2.24, 2.45) is 0 Å². The van der Waals surface area contributed by atoms with E-state index >= 15 is 0 Å². The molecule has 0 saturated carbocycles. The van der Waals surface area contributed by atoms with Crippen LogP contribution >= 0.6 is 0 Å². The number of hydrogen-bond acceptors (Lipinski definition) is 4. The summed E-state index contributed by atoms with van der Waals surface area (Å²) in [7, 11) is 0. The summed E-state index contributed by atoms with van der Waals surface area (Å²) in [6, 6.07) is 0. The highest BCUT2D eigenvalue weighted by atomic mass is 16.3. The molecule has 1 rings (SSSR count). The van der Waals surface area contributed by atoms with E-state index in [0.29, 0.717) is 18.9 Å². The second-order valence-electron chi connectivity index (χ2n) is 5.63. The van der Waals surface area contributed by atoms with Gasteiger partial charge in [0.2, 0.25) is 5.82 Å². The van der Waals surface area contributed by atoms with Gasteiger partial charge in [-0.3, -0.25) is 9.89 Å². The highest BCUT2D eigenvalue weighted by Gasteiger charge is 2.24. The number of H-pyrrole nitrogens is 1. The van der Waals surface area contributed by atoms with Gasteiger partial charge in [0.15, 0.2) is 0 Å². The highest BCUT2D eigenvalue weighted by Crippen LogP contribution is 2.17. The number of nitrogens with one attached hydrogen (secondary N) is 1. The number of aliphatic hydroxyl groups excluding tert-OH is 1. The molecule has 0 unspecified atom stereocenters. The zero-order valence-corrected chi connectivity index (χ0v) is 12.2. The van der Waals surface area contributed by atoms with Crippen LogP contribution in [0.1, 0.15) is 57.0 Å². The maximum absolute atomic E-state index is 12.3. The Balaban J connectivity index is 2.81. The third kappa shape index (κ3) is 4.31. The van der Waals surface area contributed by atoms with Crippen LogP contribution in [0.25, 0.3) is 0 Å². The molecule has 1 amide bonds. The van der Waals surface area contributed by atoms with E-state index in [-0.39, 0.29) is 23.8 Å². The Morgan fingerprint density at radius 2 is 2.05 bits per heavy atom. The van der Waals surface area contributed by atoms with E-state index in [2.05, 4.69) is 22.1 Å². The third-order valence-electron chi connectivity index (χ3n) is 2.83. The lowest BCUT2D eigenvalue weighted by Gasteiger charge is -2.19. The fraction of sp³-hybridized carbons (Fsp3) is 0.769. The lowest BCUT2D eigenvalue weighted by atomic mass is 9.96. The molecule has 6 nitrogen and oxygen atoms in total. The summed E-state index contributed by atoms with van der Waals surface area (Å²) < 4.78 is 0. The molecule has 108 valence electrons. The molecule has 6 heteroatoms. The molecule has 19 heavy (non-hydrogen) atoms. The monoisotopic (exact) mass is 268 g/mol. The molecule has 0 atom stereocenters. The molecule has 1 aromatic rings. The summed E-state index contributed by atoms with van der Waals surface area (Å²) in [4.78, 5) is 18.1. The van der Waals surface area contributed by atoms with Gasteiger partial charge in [-0.1, -0.05) is 34.1 Å². The quantitative estimate of drug-likeness (QED) is 0.815. The standard InChI is InChI=1S/C13H24N4O2/c1-5-6-7-17(8-9-18)11(19)10-14-12(16-15-10)13(2,3)4/h18H,5-9H2,1-4H3,(H,14,15,16). The van der Waals surface area contributed by atoms with Crippen LogP contribution in [0, 0.1) is 0 Å². The van der Waals surface area contributed by atoms with Gasteiger partial charge in [0.1, 0.15) is 5.82 Å². The van der Waals surface area contributed by atoms with Crippen LogP contribution in [0.4, 0.5) is 0 Å². The van der Waals surface area contributed by atoms with Crippen LogP contribution in [0.2, 0.25) is 0 Å². The lowest BCUT2D eigenvalue weighted by Crippen LogP contribution is -2.35. The number of carbonyl (C=O) groups excluding carboxylic acids is 1. The van der Waals surface area contributed by atoms with Crippen molar-refractivity contribution < 1.29 is 9.90 Å². The van der Waals surface area contributed by atoms with E-state index < -0.39 is 0 Å². The van der Waals surface area contributed by atoms with Crippen molar-refractivity contribution in [2.45, 2.75) is 46.0 Å². The number of aromatic amines is 1. The number of aromatic nitrogens is 3. The summed E-state index contributed by atoms with van der Waals surface area (Å²) in [5, 5.41) is 15.8. The number of unbranched alkanes of at least 4 members (excludes halogenated alkanes) is 1. The zero-order valence-electron chi connectivity index (χ0n) is 12.2. The minimum absolute atomic E-state index is 0.0496. The zero-order chi connectivity index (χ0) is 14.5. The Morgan fingerprint density at radius 3 is 2.53 bits per heavy atom. The number of nitrogens with zero attached hydrogens (tertiary/aromatic N) is 3. The Kier molecular flexibility index (Phi) is 5.47. The van der Waals surface area contributed by atoms with E-state index in [0.717, 1.165) is 12.8 Å². The normalized spacial score (nSPS) is 11.6. The molecule has 0 aliphatic heterocycles. The van der Waals surface area contributed by atoms with E-state index in [4.69, 9.17) is 5.11 Å². The smallest absolute Gasteiger partial charge is 0.293 e. The minimum Gasteiger partial charge on any atom is -0.395 e. The van der Waals surface area contributed by atoms with Gasteiger partial charge in [-0.15, -0.1) is 5.10 Å². The molecule has 0 aromatic carbocycles. The molecule has 0 radical (unpaired) electrons. The molecule has 0 aliphatic rings. The fourth-order valence-corrected chi connectivity index (χ4v) is 1.62. The molecule has 1 heterocycles. The number of amides is 1. The topological polar surface area (TPSA) is 82.1 Å². The van der Waals surface area contributed by atoms with Crippen LogP contribution in [-0.2, 0) is 5.41 Å². The number of carbonyl (C=O) groups is 1. The summed E-state index contributed by atoms with van der Waals surface area (Å²) in [5.74, 6) is 0.638. The predicted octanol–water partition coefficient (Wildman–Crippen LogP) is 1.34. The molecular weight excluding hydrogens is 244 g/mol. The maximum Gasteiger partial charge on any atom is 0.293 e. The van der Waals surface area contributed by atoms with Crippen molar-refractivity contribution in [1.82, 2.24) is 20.1 Å². The van der Waals surface area contributed by atoms with E-state index in [1.165, 1.54) is 0 Å². The summed E-state index contributed by atoms with van der Waals surface area (Å²) in [6.45, 7) is 8.96. The molecule has 0 bridgehead atoms. The Morgan fingerprint density at radius 1 is 1.37 bits per heavy atom. The predicted molar refractivity (Wildman–Crippen MR) is 73.0 cm³/mol. The average molecular weight is 268 g/mol. The van der Waals surface area contributed by atoms with Crippen molar-refractivity contribution in [2.75, 3.05) is 19.7 Å². The van der Waals surface area contributed by atoms with Crippen LogP contribution in [-0.4, -0.2) is 50.8 Å². The van der Waals surface area contributed by atoms with Gasteiger partial charge in [0.05, 0.1) is 6.61 Å². The molecule has 1 aromatic heterocycles. The first-order chi connectivity index (χ1) is 8.90. The van der Waals surface area contributed by atoms with Gasteiger partial charge in [-0.25, -0.2) is 4.98 Å². The van der Waals surface area contributed by atoms with Gasteiger partial charge < -0.3 is 10.0 Å². The Bertz CT molecular complexity index is 409. The first kappa shape index (κ1) is 15.6. The van der Waals surface area contributed by atoms with Crippen LogP contribution in [0.5, 0.6) is 0 Å². The molecule has 0 fully saturated rings. The van der Waals surface area contributed by atoms with Crippen LogP contribution < -0.4 is 0 Å². The van der Waals surface area contributed by atoms with E-state index in [1.807, 2.05) is 20.8 Å². The number of rotatable bonds is 6. The van der Waals surface area contributed by atoms with Crippen molar-refractivity contribution >= 4 is 5.91 Å². The van der Waals surface area contributed by atoms with Gasteiger partial charge in [-0.2, -0.15) is 0 Å². The van der Waals surface area contributed by atoms with Crippen LogP contribution in [0.3, 0.4) is 0 Å². The first-order valence-electron chi connectivity index (χ1n) is 6.73. The SMILES string of the molecule is CCCCN(CCO)C(=O)c1n[nH]c(C(C)(C)C)n1. The van der Waals surface area contributed by atoms with E-state index in [1.54, 1.807) is 4.90 Å². The van der Waals surface area contributed by atoms with Gasteiger partial charge in [0.25, 0.3) is 5.91 Å². The fourth-order valence-electron chi connectivity index (χ4n) is 1.62. The maximum atomic E-state index is 12.3. The highest BCUT2D eigenvalue weighted by molar-refractivity contribution is 5.90. The van der Waals surface area contributed by atoms with Gasteiger partial charge >= 0.3 is 0 Å². The summed E-state index contributed by atoms with van der Waals surface area (Å²) in [5.41, 5.74) is -0.170.